The van der Waals surface area contributed by atoms with Gasteiger partial charge in [0.15, 0.2) is 0 Å². The van der Waals surface area contributed by atoms with Gasteiger partial charge in [0.05, 0.1) is 37.2 Å². The number of nitrogens with two attached hydrogens (primary N) is 1. The quantitative estimate of drug-likeness (QED) is 0.753. The van der Waals surface area contributed by atoms with E-state index >= 15 is 0 Å². The van der Waals surface area contributed by atoms with E-state index in [-0.39, 0.29) is 18.0 Å². The van der Waals surface area contributed by atoms with E-state index in [1.165, 1.54) is 6.20 Å². The minimum absolute atomic E-state index is 0.0993. The zero-order chi connectivity index (χ0) is 13.0. The van der Waals surface area contributed by atoms with E-state index in [0.717, 1.165) is 0 Å². The van der Waals surface area contributed by atoms with Gasteiger partial charge in [-0.2, -0.15) is 0 Å². The Kier molecular flexibility index (Phi) is 4.06. The molecule has 1 aliphatic rings. The maximum absolute atomic E-state index is 11.9. The van der Waals surface area contributed by atoms with Crippen LogP contribution in [-0.2, 0) is 9.47 Å². The van der Waals surface area contributed by atoms with E-state index in [9.17, 15) is 4.79 Å². The number of aromatic nitrogens is 2. The predicted octanol–water partition coefficient (Wildman–Crippen LogP) is -0.488. The number of nitrogen functional groups attached to an aromatic ring is 1. The van der Waals surface area contributed by atoms with E-state index in [1.807, 2.05) is 0 Å². The average molecular weight is 252 g/mol. The lowest BCUT2D eigenvalue weighted by atomic mass is 10.2. The second-order valence-corrected chi connectivity index (χ2v) is 4.01. The number of hydrogen-bond acceptors (Lipinski definition) is 6. The van der Waals surface area contributed by atoms with Crippen molar-refractivity contribution in [2.75, 3.05) is 32.1 Å². The molecular weight excluding hydrogens is 236 g/mol. The molecule has 1 aliphatic heterocycles. The summed E-state index contributed by atoms with van der Waals surface area (Å²) in [5.74, 6) is -0.0743. The molecule has 0 bridgehead atoms. The second-order valence-electron chi connectivity index (χ2n) is 4.01. The van der Waals surface area contributed by atoms with Crippen LogP contribution in [0.5, 0.6) is 0 Å². The third kappa shape index (κ3) is 3.14. The van der Waals surface area contributed by atoms with Crippen molar-refractivity contribution in [1.29, 1.82) is 0 Å². The molecule has 1 fully saturated rings. The highest BCUT2D eigenvalue weighted by atomic mass is 16.6. The third-order valence-electron chi connectivity index (χ3n) is 2.62. The van der Waals surface area contributed by atoms with Crippen LogP contribution in [-0.4, -0.2) is 48.3 Å². The number of hydrogen-bond donors (Lipinski definition) is 2. The first-order valence-corrected chi connectivity index (χ1v) is 5.73. The fraction of sp³-hybridized carbons (Fsp3) is 0.545. The number of nitrogens with zero attached hydrogens (tertiary/aromatic N) is 2. The van der Waals surface area contributed by atoms with Crippen LogP contribution < -0.4 is 11.1 Å². The molecule has 1 amide bonds. The van der Waals surface area contributed by atoms with Crippen LogP contribution in [0.1, 0.15) is 16.1 Å². The molecular formula is C11H16N4O3. The number of amides is 1. The molecule has 1 atom stereocenters. The lowest BCUT2D eigenvalue weighted by Crippen LogP contribution is -2.40. The standard InChI is InChI=1S/C11H16N4O3/c1-7-9(5-14-11(12)15-7)10(16)13-4-8-6-17-2-3-18-8/h5,8H,2-4,6H2,1H3,(H,13,16)(H2,12,14,15)/t8-/m0/s1. The van der Waals surface area contributed by atoms with Crippen molar-refractivity contribution in [2.24, 2.45) is 0 Å². The number of carbonyl (C=O) groups excluding carboxylic acids is 1. The van der Waals surface area contributed by atoms with Gasteiger partial charge >= 0.3 is 0 Å². The molecule has 0 spiro atoms. The molecule has 1 aromatic heterocycles. The Balaban J connectivity index is 1.90. The molecule has 18 heavy (non-hydrogen) atoms. The zero-order valence-corrected chi connectivity index (χ0v) is 10.2. The molecule has 2 heterocycles. The van der Waals surface area contributed by atoms with Crippen molar-refractivity contribution in [1.82, 2.24) is 15.3 Å². The highest BCUT2D eigenvalue weighted by molar-refractivity contribution is 5.94. The summed E-state index contributed by atoms with van der Waals surface area (Å²) in [6.45, 7) is 3.78. The van der Waals surface area contributed by atoms with Gasteiger partial charge in [-0.05, 0) is 6.92 Å². The van der Waals surface area contributed by atoms with Crippen LogP contribution in [0.15, 0.2) is 6.20 Å². The Morgan fingerprint density at radius 2 is 2.44 bits per heavy atom. The molecule has 1 aromatic rings. The maximum atomic E-state index is 11.9. The largest absolute Gasteiger partial charge is 0.376 e. The monoisotopic (exact) mass is 252 g/mol. The number of nitrogens with one attached hydrogen (secondary N) is 1. The summed E-state index contributed by atoms with van der Waals surface area (Å²) in [6.07, 6.45) is 1.32. The van der Waals surface area contributed by atoms with Crippen LogP contribution >= 0.6 is 0 Å². The predicted molar refractivity (Wildman–Crippen MR) is 64.1 cm³/mol. The minimum atomic E-state index is -0.235. The molecule has 3 N–H and O–H groups in total. The van der Waals surface area contributed by atoms with Crippen LogP contribution in [0.25, 0.3) is 0 Å². The van der Waals surface area contributed by atoms with E-state index in [0.29, 0.717) is 37.6 Å². The van der Waals surface area contributed by atoms with Crippen molar-refractivity contribution in [2.45, 2.75) is 13.0 Å². The smallest absolute Gasteiger partial charge is 0.254 e. The molecule has 2 rings (SSSR count). The summed E-state index contributed by atoms with van der Waals surface area (Å²) in [5, 5.41) is 2.76. The summed E-state index contributed by atoms with van der Waals surface area (Å²) < 4.78 is 10.7. The lowest BCUT2D eigenvalue weighted by molar-refractivity contribution is -0.0855. The number of anilines is 1. The fourth-order valence-corrected chi connectivity index (χ4v) is 1.66. The van der Waals surface area contributed by atoms with Gasteiger partial charge in [0, 0.05) is 12.7 Å². The van der Waals surface area contributed by atoms with Gasteiger partial charge in [-0.3, -0.25) is 4.79 Å². The van der Waals surface area contributed by atoms with Gasteiger partial charge in [0.25, 0.3) is 5.91 Å². The summed E-state index contributed by atoms with van der Waals surface area (Å²) in [4.78, 5) is 19.6. The number of carbonyl (C=O) groups is 1. The Hall–Kier alpha value is -1.73. The maximum Gasteiger partial charge on any atom is 0.254 e. The van der Waals surface area contributed by atoms with Crippen LogP contribution in [0.3, 0.4) is 0 Å². The Bertz CT molecular complexity index is 432. The van der Waals surface area contributed by atoms with E-state index in [2.05, 4.69) is 15.3 Å². The molecule has 0 saturated carbocycles. The van der Waals surface area contributed by atoms with Crippen molar-refractivity contribution in [3.05, 3.63) is 17.5 Å². The molecule has 0 aromatic carbocycles. The highest BCUT2D eigenvalue weighted by Crippen LogP contribution is 2.05. The van der Waals surface area contributed by atoms with Crippen LogP contribution in [0, 0.1) is 6.92 Å². The third-order valence-corrected chi connectivity index (χ3v) is 2.62. The number of ether oxygens (including phenoxy) is 2. The van der Waals surface area contributed by atoms with Crippen LogP contribution in [0.2, 0.25) is 0 Å². The Morgan fingerprint density at radius 3 is 3.11 bits per heavy atom. The number of rotatable bonds is 3. The van der Waals surface area contributed by atoms with Crippen molar-refractivity contribution in [3.63, 3.8) is 0 Å². The first-order chi connectivity index (χ1) is 8.66. The first kappa shape index (κ1) is 12.7. The van der Waals surface area contributed by atoms with E-state index in [1.54, 1.807) is 6.92 Å². The molecule has 7 heteroatoms. The van der Waals surface area contributed by atoms with Gasteiger partial charge in [-0.1, -0.05) is 0 Å². The Morgan fingerprint density at radius 1 is 1.61 bits per heavy atom. The van der Waals surface area contributed by atoms with Crippen molar-refractivity contribution >= 4 is 11.9 Å². The average Bonchev–Trinajstić information content (AvgIpc) is 2.37. The van der Waals surface area contributed by atoms with Crippen LogP contribution in [0.4, 0.5) is 5.95 Å². The normalized spacial score (nSPS) is 19.5. The second kappa shape index (κ2) is 5.74. The Labute approximate surface area is 105 Å². The van der Waals surface area contributed by atoms with E-state index in [4.69, 9.17) is 15.2 Å². The molecule has 98 valence electrons. The topological polar surface area (TPSA) is 99.4 Å². The number of aryl methyl sites for hydroxylation is 1. The SMILES string of the molecule is Cc1nc(N)ncc1C(=O)NC[C@H]1COCCO1. The molecule has 1 saturated heterocycles. The molecule has 0 radical (unpaired) electrons. The van der Waals surface area contributed by atoms with Gasteiger partial charge in [0.1, 0.15) is 0 Å². The molecule has 7 nitrogen and oxygen atoms in total. The summed E-state index contributed by atoms with van der Waals surface area (Å²) in [7, 11) is 0. The zero-order valence-electron chi connectivity index (χ0n) is 10.2. The highest BCUT2D eigenvalue weighted by Gasteiger charge is 2.17. The van der Waals surface area contributed by atoms with Crippen molar-refractivity contribution in [3.8, 4) is 0 Å². The van der Waals surface area contributed by atoms with Crippen molar-refractivity contribution < 1.29 is 14.3 Å². The van der Waals surface area contributed by atoms with Gasteiger partial charge in [-0.25, -0.2) is 9.97 Å². The summed E-state index contributed by atoms with van der Waals surface area (Å²) in [5.41, 5.74) is 6.40. The summed E-state index contributed by atoms with van der Waals surface area (Å²) in [6, 6.07) is 0. The fourth-order valence-electron chi connectivity index (χ4n) is 1.66. The van der Waals surface area contributed by atoms with Gasteiger partial charge < -0.3 is 20.5 Å². The first-order valence-electron chi connectivity index (χ1n) is 5.73. The van der Waals surface area contributed by atoms with Gasteiger partial charge in [-0.15, -0.1) is 0 Å². The lowest BCUT2D eigenvalue weighted by Gasteiger charge is -2.23. The molecule has 0 unspecified atom stereocenters. The summed E-state index contributed by atoms with van der Waals surface area (Å²) >= 11 is 0. The van der Waals surface area contributed by atoms with E-state index < -0.39 is 0 Å². The molecule has 0 aliphatic carbocycles. The van der Waals surface area contributed by atoms with Gasteiger partial charge in [0.2, 0.25) is 5.95 Å². The minimum Gasteiger partial charge on any atom is -0.376 e.